The Kier molecular flexibility index (Phi) is 3.23. The largest absolute Gasteiger partial charge is 0.398 e. The van der Waals surface area contributed by atoms with E-state index in [2.05, 4.69) is 25.9 Å². The number of aromatic nitrogens is 2. The highest BCUT2D eigenvalue weighted by molar-refractivity contribution is 9.10. The maximum Gasteiger partial charge on any atom is 0.192 e. The Balaban J connectivity index is 2.25. The molecule has 0 radical (unpaired) electrons. The van der Waals surface area contributed by atoms with E-state index in [0.29, 0.717) is 5.16 Å². The molecule has 0 spiro atoms. The van der Waals surface area contributed by atoms with Gasteiger partial charge in [-0.25, -0.2) is 9.97 Å². The van der Waals surface area contributed by atoms with Crippen LogP contribution in [-0.2, 0) is 0 Å². The van der Waals surface area contributed by atoms with Crippen molar-refractivity contribution in [3.8, 4) is 0 Å². The number of rotatable bonds is 2. The molecule has 3 nitrogen and oxygen atoms in total. The Labute approximate surface area is 100 Å². The van der Waals surface area contributed by atoms with Crippen LogP contribution >= 0.6 is 27.7 Å². The average Bonchev–Trinajstić information content (AvgIpc) is 2.24. The fraction of sp³-hybridized carbons (Fsp3) is 0. The third-order valence-corrected chi connectivity index (χ3v) is 3.19. The minimum absolute atomic E-state index is 0.700. The van der Waals surface area contributed by atoms with Gasteiger partial charge in [-0.15, -0.1) is 0 Å². The molecular weight excluding hydrogens is 274 g/mol. The van der Waals surface area contributed by atoms with E-state index in [1.165, 1.54) is 11.8 Å². The molecule has 2 N–H and O–H groups in total. The lowest BCUT2D eigenvalue weighted by Gasteiger charge is -2.03. The maximum absolute atomic E-state index is 5.86. The van der Waals surface area contributed by atoms with Crippen LogP contribution in [0, 0.1) is 0 Å². The standard InChI is InChI=1S/C10H8BrN3S/c11-7-2-3-9(8(12)6-7)15-10-13-4-1-5-14-10/h1-6H,12H2. The smallest absolute Gasteiger partial charge is 0.192 e. The van der Waals surface area contributed by atoms with Crippen LogP contribution in [0.25, 0.3) is 0 Å². The van der Waals surface area contributed by atoms with E-state index in [1.807, 2.05) is 18.2 Å². The molecule has 0 aliphatic carbocycles. The van der Waals surface area contributed by atoms with Gasteiger partial charge in [-0.2, -0.15) is 0 Å². The second kappa shape index (κ2) is 4.63. The van der Waals surface area contributed by atoms with E-state index >= 15 is 0 Å². The van der Waals surface area contributed by atoms with Gasteiger partial charge < -0.3 is 5.73 Å². The van der Waals surface area contributed by atoms with Crippen LogP contribution in [-0.4, -0.2) is 9.97 Å². The lowest BCUT2D eigenvalue weighted by atomic mass is 10.3. The monoisotopic (exact) mass is 281 g/mol. The van der Waals surface area contributed by atoms with Crippen LogP contribution in [0.5, 0.6) is 0 Å². The zero-order valence-electron chi connectivity index (χ0n) is 7.72. The van der Waals surface area contributed by atoms with Crippen molar-refractivity contribution in [2.45, 2.75) is 10.1 Å². The predicted octanol–water partition coefficient (Wildman–Crippen LogP) is 2.97. The third kappa shape index (κ3) is 2.70. The second-order valence-corrected chi connectivity index (χ2v) is 4.74. The number of nitrogens with two attached hydrogens (primary N) is 1. The van der Waals surface area contributed by atoms with Crippen molar-refractivity contribution in [1.82, 2.24) is 9.97 Å². The first kappa shape index (κ1) is 10.4. The third-order valence-electron chi connectivity index (χ3n) is 1.72. The quantitative estimate of drug-likeness (QED) is 0.679. The van der Waals surface area contributed by atoms with Crippen LogP contribution in [0.3, 0.4) is 0 Å². The lowest BCUT2D eigenvalue weighted by molar-refractivity contribution is 0.967. The molecule has 2 aromatic rings. The van der Waals surface area contributed by atoms with Crippen LogP contribution in [0.2, 0.25) is 0 Å². The molecule has 0 fully saturated rings. The summed E-state index contributed by atoms with van der Waals surface area (Å²) in [7, 11) is 0. The zero-order valence-corrected chi connectivity index (χ0v) is 10.1. The molecule has 0 unspecified atom stereocenters. The van der Waals surface area contributed by atoms with E-state index in [1.54, 1.807) is 18.5 Å². The predicted molar refractivity (Wildman–Crippen MR) is 64.7 cm³/mol. The molecule has 0 amide bonds. The lowest BCUT2D eigenvalue weighted by Crippen LogP contribution is -1.89. The van der Waals surface area contributed by atoms with Crippen LogP contribution in [0.1, 0.15) is 0 Å². The van der Waals surface area contributed by atoms with Crippen molar-refractivity contribution in [3.05, 3.63) is 41.1 Å². The molecule has 0 aliphatic rings. The number of hydrogen-bond donors (Lipinski definition) is 1. The van der Waals surface area contributed by atoms with Gasteiger partial charge in [-0.05, 0) is 36.0 Å². The number of anilines is 1. The van der Waals surface area contributed by atoms with Gasteiger partial charge in [0.05, 0.1) is 0 Å². The number of hydrogen-bond acceptors (Lipinski definition) is 4. The fourth-order valence-electron chi connectivity index (χ4n) is 1.05. The minimum Gasteiger partial charge on any atom is -0.398 e. The van der Waals surface area contributed by atoms with Crippen molar-refractivity contribution < 1.29 is 0 Å². The van der Waals surface area contributed by atoms with Gasteiger partial charge in [0.15, 0.2) is 5.16 Å². The molecule has 1 aromatic heterocycles. The van der Waals surface area contributed by atoms with Crippen LogP contribution in [0.15, 0.2) is 51.2 Å². The Morgan fingerprint density at radius 1 is 1.20 bits per heavy atom. The Bertz CT molecular complexity index is 461. The number of halogens is 1. The average molecular weight is 282 g/mol. The first-order valence-corrected chi connectivity index (χ1v) is 5.86. The van der Waals surface area contributed by atoms with E-state index in [4.69, 9.17) is 5.73 Å². The van der Waals surface area contributed by atoms with Gasteiger partial charge in [0.25, 0.3) is 0 Å². The molecule has 5 heteroatoms. The van der Waals surface area contributed by atoms with Gasteiger partial charge in [-0.3, -0.25) is 0 Å². The van der Waals surface area contributed by atoms with Crippen LogP contribution in [0.4, 0.5) is 5.69 Å². The SMILES string of the molecule is Nc1cc(Br)ccc1Sc1ncccn1. The summed E-state index contributed by atoms with van der Waals surface area (Å²) >= 11 is 4.82. The highest BCUT2D eigenvalue weighted by Crippen LogP contribution is 2.31. The van der Waals surface area contributed by atoms with Crippen molar-refractivity contribution in [1.29, 1.82) is 0 Å². The topological polar surface area (TPSA) is 51.8 Å². The summed E-state index contributed by atoms with van der Waals surface area (Å²) in [6, 6.07) is 7.54. The zero-order chi connectivity index (χ0) is 10.7. The van der Waals surface area contributed by atoms with E-state index < -0.39 is 0 Å². The normalized spacial score (nSPS) is 10.2. The van der Waals surface area contributed by atoms with Crippen molar-refractivity contribution in [3.63, 3.8) is 0 Å². The van der Waals surface area contributed by atoms with Crippen molar-refractivity contribution in [2.75, 3.05) is 5.73 Å². The van der Waals surface area contributed by atoms with Crippen LogP contribution < -0.4 is 5.73 Å². The summed E-state index contributed by atoms with van der Waals surface area (Å²) < 4.78 is 0.971. The fourth-order valence-corrected chi connectivity index (χ4v) is 2.16. The van der Waals surface area contributed by atoms with Gasteiger partial charge in [0.1, 0.15) is 0 Å². The molecule has 0 saturated heterocycles. The summed E-state index contributed by atoms with van der Waals surface area (Å²) in [5.41, 5.74) is 6.59. The van der Waals surface area contributed by atoms with E-state index in [9.17, 15) is 0 Å². The number of nitrogen functional groups attached to an aromatic ring is 1. The highest BCUT2D eigenvalue weighted by atomic mass is 79.9. The highest BCUT2D eigenvalue weighted by Gasteiger charge is 2.03. The van der Waals surface area contributed by atoms with Gasteiger partial charge in [0, 0.05) is 27.4 Å². The molecule has 0 bridgehead atoms. The molecule has 15 heavy (non-hydrogen) atoms. The van der Waals surface area contributed by atoms with Crippen molar-refractivity contribution in [2.24, 2.45) is 0 Å². The maximum atomic E-state index is 5.86. The summed E-state index contributed by atoms with van der Waals surface area (Å²) in [4.78, 5) is 9.21. The molecule has 0 aliphatic heterocycles. The first-order chi connectivity index (χ1) is 7.25. The van der Waals surface area contributed by atoms with Gasteiger partial charge in [-0.1, -0.05) is 15.9 Å². The molecule has 1 aromatic carbocycles. The van der Waals surface area contributed by atoms with Gasteiger partial charge >= 0.3 is 0 Å². The molecule has 76 valence electrons. The molecule has 2 rings (SSSR count). The molecular formula is C10H8BrN3S. The second-order valence-electron chi connectivity index (χ2n) is 2.82. The van der Waals surface area contributed by atoms with E-state index in [0.717, 1.165) is 15.1 Å². The summed E-state index contributed by atoms with van der Waals surface area (Å²) in [6.07, 6.45) is 3.43. The Morgan fingerprint density at radius 3 is 2.60 bits per heavy atom. The summed E-state index contributed by atoms with van der Waals surface area (Å²) in [5, 5.41) is 0.700. The number of benzene rings is 1. The van der Waals surface area contributed by atoms with Crippen molar-refractivity contribution >= 4 is 33.4 Å². The number of nitrogens with zero attached hydrogens (tertiary/aromatic N) is 2. The Morgan fingerprint density at radius 2 is 1.93 bits per heavy atom. The molecule has 1 heterocycles. The molecule has 0 atom stereocenters. The summed E-state index contributed by atoms with van der Waals surface area (Å²) in [6.45, 7) is 0. The minimum atomic E-state index is 0.700. The van der Waals surface area contributed by atoms with E-state index in [-0.39, 0.29) is 0 Å². The van der Waals surface area contributed by atoms with Gasteiger partial charge in [0.2, 0.25) is 0 Å². The summed E-state index contributed by atoms with van der Waals surface area (Å²) in [5.74, 6) is 0. The first-order valence-electron chi connectivity index (χ1n) is 4.25. The molecule has 0 saturated carbocycles. The Hall–Kier alpha value is -1.07.